The van der Waals surface area contributed by atoms with Crippen LogP contribution in [0.5, 0.6) is 0 Å². The standard InChI is InChI=1S/C21H26N2O3.C6H5F/c1-15-5-3-7-20(22-15)18-10-8-17(9-11-18)16(2)23-13-12-19(6-4-14-24)26-21(23)25;7-6-4-2-1-3-5-6/h3,5,7-11,16,19,24H,4,6,12-14H2,1-2H3;1-5H. The third-order valence-electron chi connectivity index (χ3n) is 5.66. The number of aliphatic hydroxyl groups is 1. The molecule has 2 aromatic carbocycles. The minimum Gasteiger partial charge on any atom is -0.446 e. The van der Waals surface area contributed by atoms with Crippen molar-refractivity contribution in [1.29, 1.82) is 0 Å². The Hall–Kier alpha value is -3.25. The molecule has 0 radical (unpaired) electrons. The van der Waals surface area contributed by atoms with E-state index < -0.39 is 0 Å². The molecule has 1 N–H and O–H groups in total. The van der Waals surface area contributed by atoms with Crippen LogP contribution < -0.4 is 0 Å². The zero-order chi connectivity index (χ0) is 23.6. The predicted octanol–water partition coefficient (Wildman–Crippen LogP) is 5.93. The second-order valence-corrected chi connectivity index (χ2v) is 8.11. The Kier molecular flexibility index (Phi) is 8.95. The van der Waals surface area contributed by atoms with Gasteiger partial charge in [-0.2, -0.15) is 0 Å². The van der Waals surface area contributed by atoms with Gasteiger partial charge in [0.25, 0.3) is 0 Å². The van der Waals surface area contributed by atoms with Crippen LogP contribution in [0.15, 0.2) is 72.8 Å². The summed E-state index contributed by atoms with van der Waals surface area (Å²) in [6.45, 7) is 4.82. The van der Waals surface area contributed by atoms with Gasteiger partial charge in [-0.05, 0) is 56.5 Å². The van der Waals surface area contributed by atoms with E-state index in [1.54, 1.807) is 23.1 Å². The molecule has 174 valence electrons. The molecule has 2 unspecified atom stereocenters. The maximum absolute atomic E-state index is 12.3. The Bertz CT molecular complexity index is 1010. The molecule has 1 saturated heterocycles. The minimum atomic E-state index is -0.267. The van der Waals surface area contributed by atoms with Crippen LogP contribution in [0.1, 0.15) is 43.5 Å². The number of aliphatic hydroxyl groups excluding tert-OH is 1. The normalized spacial score (nSPS) is 16.4. The number of carbonyl (C=O) groups excluding carboxylic acids is 1. The van der Waals surface area contributed by atoms with E-state index in [4.69, 9.17) is 9.84 Å². The maximum Gasteiger partial charge on any atom is 0.410 e. The molecule has 0 aliphatic carbocycles. The SMILES string of the molecule is Cc1cccc(-c2ccc(C(C)N3CCC(CCCO)OC3=O)cc2)n1.Fc1ccccc1. The van der Waals surface area contributed by atoms with Crippen molar-refractivity contribution in [2.24, 2.45) is 0 Å². The van der Waals surface area contributed by atoms with E-state index in [0.29, 0.717) is 13.0 Å². The number of ether oxygens (including phenoxy) is 1. The molecule has 0 saturated carbocycles. The van der Waals surface area contributed by atoms with Gasteiger partial charge in [-0.1, -0.05) is 48.5 Å². The van der Waals surface area contributed by atoms with Gasteiger partial charge in [0, 0.05) is 30.8 Å². The highest BCUT2D eigenvalue weighted by Crippen LogP contribution is 2.28. The molecule has 3 aromatic rings. The van der Waals surface area contributed by atoms with Gasteiger partial charge in [-0.15, -0.1) is 0 Å². The summed E-state index contributed by atoms with van der Waals surface area (Å²) in [5, 5.41) is 8.92. The first-order chi connectivity index (χ1) is 16.0. The molecule has 2 atom stereocenters. The number of benzene rings is 2. The van der Waals surface area contributed by atoms with E-state index in [9.17, 15) is 9.18 Å². The van der Waals surface area contributed by atoms with Crippen molar-refractivity contribution in [3.05, 3.63) is 89.9 Å². The van der Waals surface area contributed by atoms with Crippen molar-refractivity contribution in [3.8, 4) is 11.3 Å². The zero-order valence-electron chi connectivity index (χ0n) is 19.2. The summed E-state index contributed by atoms with van der Waals surface area (Å²) in [6.07, 6.45) is 1.86. The number of carbonyl (C=O) groups is 1. The van der Waals surface area contributed by atoms with E-state index >= 15 is 0 Å². The van der Waals surface area contributed by atoms with Crippen molar-refractivity contribution in [3.63, 3.8) is 0 Å². The molecule has 1 fully saturated rings. The molecular weight excluding hydrogens is 419 g/mol. The van der Waals surface area contributed by atoms with Crippen LogP contribution in [0, 0.1) is 12.7 Å². The van der Waals surface area contributed by atoms with Gasteiger partial charge in [0.05, 0.1) is 11.7 Å². The number of nitrogens with zero attached hydrogens (tertiary/aromatic N) is 2. The highest BCUT2D eigenvalue weighted by molar-refractivity contribution is 5.69. The summed E-state index contributed by atoms with van der Waals surface area (Å²) < 4.78 is 17.4. The van der Waals surface area contributed by atoms with Crippen LogP contribution in [-0.2, 0) is 4.74 Å². The molecule has 1 aliphatic rings. The number of aromatic nitrogens is 1. The quantitative estimate of drug-likeness (QED) is 0.506. The molecule has 4 rings (SSSR count). The predicted molar refractivity (Wildman–Crippen MR) is 127 cm³/mol. The lowest BCUT2D eigenvalue weighted by Gasteiger charge is -2.35. The topological polar surface area (TPSA) is 62.7 Å². The monoisotopic (exact) mass is 450 g/mol. The second kappa shape index (κ2) is 12.1. The van der Waals surface area contributed by atoms with Crippen molar-refractivity contribution in [2.75, 3.05) is 13.2 Å². The molecule has 5 nitrogen and oxygen atoms in total. The van der Waals surface area contributed by atoms with Gasteiger partial charge in [0.15, 0.2) is 0 Å². The van der Waals surface area contributed by atoms with Crippen LogP contribution in [0.25, 0.3) is 11.3 Å². The Labute approximate surface area is 194 Å². The van der Waals surface area contributed by atoms with E-state index in [2.05, 4.69) is 17.1 Å². The lowest BCUT2D eigenvalue weighted by Crippen LogP contribution is -2.43. The summed E-state index contributed by atoms with van der Waals surface area (Å²) >= 11 is 0. The third kappa shape index (κ3) is 7.12. The smallest absolute Gasteiger partial charge is 0.410 e. The van der Waals surface area contributed by atoms with Gasteiger partial charge in [-0.25, -0.2) is 9.18 Å². The molecule has 0 bridgehead atoms. The molecule has 1 aromatic heterocycles. The first-order valence-corrected chi connectivity index (χ1v) is 11.3. The van der Waals surface area contributed by atoms with E-state index in [0.717, 1.165) is 35.4 Å². The van der Waals surface area contributed by atoms with Gasteiger partial charge < -0.3 is 14.7 Å². The number of hydrogen-bond donors (Lipinski definition) is 1. The van der Waals surface area contributed by atoms with Crippen molar-refractivity contribution >= 4 is 6.09 Å². The Morgan fingerprint density at radius 2 is 1.82 bits per heavy atom. The number of rotatable bonds is 6. The number of pyridine rings is 1. The molecule has 1 amide bonds. The number of halogens is 1. The van der Waals surface area contributed by atoms with Crippen LogP contribution in [0.2, 0.25) is 0 Å². The van der Waals surface area contributed by atoms with Gasteiger partial charge in [-0.3, -0.25) is 4.98 Å². The van der Waals surface area contributed by atoms with Gasteiger partial charge >= 0.3 is 6.09 Å². The number of cyclic esters (lactones) is 1. The van der Waals surface area contributed by atoms with Gasteiger partial charge in [0.1, 0.15) is 11.9 Å². The van der Waals surface area contributed by atoms with Crippen molar-refractivity contribution in [2.45, 2.75) is 45.3 Å². The summed E-state index contributed by atoms with van der Waals surface area (Å²) in [6, 6.07) is 22.1. The van der Waals surface area contributed by atoms with E-state index in [-0.39, 0.29) is 30.7 Å². The molecule has 2 heterocycles. The van der Waals surface area contributed by atoms with Crippen LogP contribution in [0.4, 0.5) is 9.18 Å². The summed E-state index contributed by atoms with van der Waals surface area (Å²) in [7, 11) is 0. The molecule has 1 aliphatic heterocycles. The summed E-state index contributed by atoms with van der Waals surface area (Å²) in [5.74, 6) is -0.178. The van der Waals surface area contributed by atoms with Crippen molar-refractivity contribution in [1.82, 2.24) is 9.88 Å². The summed E-state index contributed by atoms with van der Waals surface area (Å²) in [5.41, 5.74) is 4.09. The Balaban J connectivity index is 0.000000374. The van der Waals surface area contributed by atoms with E-state index in [1.165, 1.54) is 12.1 Å². The lowest BCUT2D eigenvalue weighted by atomic mass is 10.0. The third-order valence-corrected chi connectivity index (χ3v) is 5.66. The van der Waals surface area contributed by atoms with Crippen LogP contribution in [-0.4, -0.2) is 40.3 Å². The Morgan fingerprint density at radius 1 is 1.09 bits per heavy atom. The van der Waals surface area contributed by atoms with Crippen LogP contribution in [0.3, 0.4) is 0 Å². The van der Waals surface area contributed by atoms with Crippen LogP contribution >= 0.6 is 0 Å². The van der Waals surface area contributed by atoms with Crippen molar-refractivity contribution < 1.29 is 19.0 Å². The highest BCUT2D eigenvalue weighted by Gasteiger charge is 2.30. The average molecular weight is 451 g/mol. The first kappa shape index (κ1) is 24.4. The Morgan fingerprint density at radius 3 is 2.39 bits per heavy atom. The second-order valence-electron chi connectivity index (χ2n) is 8.11. The average Bonchev–Trinajstić information content (AvgIpc) is 2.83. The largest absolute Gasteiger partial charge is 0.446 e. The lowest BCUT2D eigenvalue weighted by molar-refractivity contribution is 0.00760. The molecule has 6 heteroatoms. The minimum absolute atomic E-state index is 0.0409. The summed E-state index contributed by atoms with van der Waals surface area (Å²) in [4.78, 5) is 18.7. The highest BCUT2D eigenvalue weighted by atomic mass is 19.1. The van der Waals surface area contributed by atoms with E-state index in [1.807, 2.05) is 44.2 Å². The fourth-order valence-corrected chi connectivity index (χ4v) is 3.75. The molecular formula is C27H31FN2O3. The maximum atomic E-state index is 12.3. The fourth-order valence-electron chi connectivity index (χ4n) is 3.75. The fraction of sp³-hybridized carbons (Fsp3) is 0.333. The number of amides is 1. The first-order valence-electron chi connectivity index (χ1n) is 11.3. The number of aryl methyl sites for hydroxylation is 1. The molecule has 33 heavy (non-hydrogen) atoms. The number of hydrogen-bond acceptors (Lipinski definition) is 4. The zero-order valence-corrected chi connectivity index (χ0v) is 19.2. The van der Waals surface area contributed by atoms with Gasteiger partial charge in [0.2, 0.25) is 0 Å². The molecule has 0 spiro atoms.